The number of thiazole rings is 1. The van der Waals surface area contributed by atoms with Crippen molar-refractivity contribution in [3.8, 4) is 0 Å². The number of hydrogen-bond acceptors (Lipinski definition) is 4. The van der Waals surface area contributed by atoms with Crippen molar-refractivity contribution in [1.82, 2.24) is 8.87 Å². The van der Waals surface area contributed by atoms with Crippen molar-refractivity contribution in [3.63, 3.8) is 0 Å². The molecule has 1 heterocycles. The molecule has 0 atom stereocenters. The maximum atomic E-state index is 12.9. The second kappa shape index (κ2) is 9.77. The Morgan fingerprint density at radius 1 is 1.06 bits per heavy atom. The highest BCUT2D eigenvalue weighted by Crippen LogP contribution is 2.25. The Morgan fingerprint density at radius 2 is 1.66 bits per heavy atom. The number of aryl methyl sites for hydroxylation is 3. The van der Waals surface area contributed by atoms with Gasteiger partial charge in [-0.3, -0.25) is 4.79 Å². The van der Waals surface area contributed by atoms with Gasteiger partial charge in [0.25, 0.3) is 5.91 Å². The molecule has 6 nitrogen and oxygen atoms in total. The van der Waals surface area contributed by atoms with Crippen molar-refractivity contribution in [2.45, 2.75) is 32.2 Å². The van der Waals surface area contributed by atoms with Crippen LogP contribution in [0.5, 0.6) is 0 Å². The Hall–Kier alpha value is -2.81. The van der Waals surface area contributed by atoms with E-state index in [9.17, 15) is 13.2 Å². The first kappa shape index (κ1) is 23.8. The molecule has 2 aromatic carbocycles. The van der Waals surface area contributed by atoms with Gasteiger partial charge in [0.05, 0.1) is 15.1 Å². The highest BCUT2D eigenvalue weighted by molar-refractivity contribution is 7.89. The van der Waals surface area contributed by atoms with Crippen LogP contribution in [-0.4, -0.2) is 36.3 Å². The summed E-state index contributed by atoms with van der Waals surface area (Å²) < 4.78 is 30.1. The number of carbonyl (C=O) groups is 1. The number of benzene rings is 2. The molecule has 3 aromatic rings. The summed E-state index contributed by atoms with van der Waals surface area (Å²) in [6.07, 6.45) is 3.05. The third-order valence-electron chi connectivity index (χ3n) is 5.14. The molecule has 3 rings (SSSR count). The van der Waals surface area contributed by atoms with E-state index in [1.807, 2.05) is 25.3 Å². The standard InChI is InChI=1S/C24H27N3O3S2/c1-6-15-26(16-7-2)32(29,30)20-13-11-19(12-14-20)23(28)25-24-27(8-3)21-17(4)9-10-18(5)22(21)31-24/h6-7,9-14H,1-2,8,15-16H2,3-5H3. The number of hydrogen-bond donors (Lipinski definition) is 0. The first-order chi connectivity index (χ1) is 15.2. The molecule has 0 spiro atoms. The summed E-state index contributed by atoms with van der Waals surface area (Å²) in [5.41, 5.74) is 3.70. The molecule has 0 aliphatic rings. The minimum absolute atomic E-state index is 0.106. The Bertz CT molecular complexity index is 1340. The monoisotopic (exact) mass is 469 g/mol. The SMILES string of the molecule is C=CCN(CC=C)S(=O)(=O)c1ccc(C(=O)N=c2sc3c(C)ccc(C)c3n2CC)cc1. The molecule has 1 aromatic heterocycles. The fourth-order valence-electron chi connectivity index (χ4n) is 3.48. The molecule has 0 saturated carbocycles. The van der Waals surface area contributed by atoms with Crippen LogP contribution in [0, 0.1) is 13.8 Å². The van der Waals surface area contributed by atoms with Gasteiger partial charge in [-0.25, -0.2) is 8.42 Å². The molecular formula is C24H27N3O3S2. The van der Waals surface area contributed by atoms with Crippen LogP contribution in [0.2, 0.25) is 0 Å². The number of fused-ring (bicyclic) bond motifs is 1. The van der Waals surface area contributed by atoms with Crippen molar-refractivity contribution >= 4 is 37.5 Å². The molecule has 0 saturated heterocycles. The van der Waals surface area contributed by atoms with Crippen LogP contribution in [0.4, 0.5) is 0 Å². The van der Waals surface area contributed by atoms with E-state index in [0.717, 1.165) is 21.3 Å². The summed E-state index contributed by atoms with van der Waals surface area (Å²) >= 11 is 1.49. The minimum Gasteiger partial charge on any atom is -0.316 e. The molecule has 0 fully saturated rings. The van der Waals surface area contributed by atoms with E-state index < -0.39 is 15.9 Å². The Morgan fingerprint density at radius 3 is 2.22 bits per heavy atom. The zero-order chi connectivity index (χ0) is 23.5. The van der Waals surface area contributed by atoms with E-state index in [1.165, 1.54) is 52.1 Å². The van der Waals surface area contributed by atoms with Gasteiger partial charge in [-0.05, 0) is 56.2 Å². The Labute approximate surface area is 192 Å². The molecule has 8 heteroatoms. The largest absolute Gasteiger partial charge is 0.316 e. The zero-order valence-corrected chi connectivity index (χ0v) is 20.2. The van der Waals surface area contributed by atoms with Crippen molar-refractivity contribution < 1.29 is 13.2 Å². The third kappa shape index (κ3) is 4.53. The van der Waals surface area contributed by atoms with Gasteiger partial charge in [0.1, 0.15) is 0 Å². The van der Waals surface area contributed by atoms with Gasteiger partial charge in [-0.2, -0.15) is 9.30 Å². The third-order valence-corrected chi connectivity index (χ3v) is 8.20. The highest BCUT2D eigenvalue weighted by Gasteiger charge is 2.22. The average molecular weight is 470 g/mol. The lowest BCUT2D eigenvalue weighted by Gasteiger charge is -2.19. The molecule has 1 amide bonds. The minimum atomic E-state index is -3.72. The van der Waals surface area contributed by atoms with E-state index in [2.05, 4.69) is 30.3 Å². The smallest absolute Gasteiger partial charge is 0.279 e. The molecule has 0 bridgehead atoms. The van der Waals surface area contributed by atoms with Crippen LogP contribution in [0.1, 0.15) is 28.4 Å². The van der Waals surface area contributed by atoms with E-state index in [4.69, 9.17) is 0 Å². The lowest BCUT2D eigenvalue weighted by Crippen LogP contribution is -2.31. The van der Waals surface area contributed by atoms with Crippen LogP contribution in [0.3, 0.4) is 0 Å². The van der Waals surface area contributed by atoms with Crippen LogP contribution >= 0.6 is 11.3 Å². The quantitative estimate of drug-likeness (QED) is 0.458. The van der Waals surface area contributed by atoms with Gasteiger partial charge in [0.15, 0.2) is 4.80 Å². The van der Waals surface area contributed by atoms with Crippen LogP contribution in [0.15, 0.2) is 71.6 Å². The fourth-order valence-corrected chi connectivity index (χ4v) is 6.10. The van der Waals surface area contributed by atoms with Crippen LogP contribution < -0.4 is 4.80 Å². The second-order valence-electron chi connectivity index (χ2n) is 7.35. The molecule has 32 heavy (non-hydrogen) atoms. The number of rotatable bonds is 8. The summed E-state index contributed by atoms with van der Waals surface area (Å²) in [4.78, 5) is 18.0. The van der Waals surface area contributed by atoms with Gasteiger partial charge in [-0.1, -0.05) is 35.6 Å². The van der Waals surface area contributed by atoms with Crippen molar-refractivity contribution in [2.24, 2.45) is 4.99 Å². The molecule has 0 aliphatic carbocycles. The summed E-state index contributed by atoms with van der Waals surface area (Å²) in [5.74, 6) is -0.410. The summed E-state index contributed by atoms with van der Waals surface area (Å²) in [5, 5.41) is 0. The van der Waals surface area contributed by atoms with Gasteiger partial charge >= 0.3 is 0 Å². The number of amides is 1. The van der Waals surface area contributed by atoms with Crippen LogP contribution in [-0.2, 0) is 16.6 Å². The van der Waals surface area contributed by atoms with Crippen molar-refractivity contribution in [1.29, 1.82) is 0 Å². The lowest BCUT2D eigenvalue weighted by atomic mass is 10.1. The highest BCUT2D eigenvalue weighted by atomic mass is 32.2. The first-order valence-electron chi connectivity index (χ1n) is 10.2. The predicted molar refractivity (Wildman–Crippen MR) is 130 cm³/mol. The van der Waals surface area contributed by atoms with E-state index in [1.54, 1.807) is 0 Å². The van der Waals surface area contributed by atoms with Crippen molar-refractivity contribution in [2.75, 3.05) is 13.1 Å². The summed E-state index contributed by atoms with van der Waals surface area (Å²) in [6, 6.07) is 10.0. The van der Waals surface area contributed by atoms with Gasteiger partial charge in [-0.15, -0.1) is 13.2 Å². The van der Waals surface area contributed by atoms with E-state index >= 15 is 0 Å². The molecular weight excluding hydrogens is 442 g/mol. The predicted octanol–water partition coefficient (Wildman–Crippen LogP) is 4.44. The Balaban J connectivity index is 1.99. The Kier molecular flexibility index (Phi) is 7.28. The molecule has 0 N–H and O–H groups in total. The lowest BCUT2D eigenvalue weighted by molar-refractivity contribution is 0.0997. The van der Waals surface area contributed by atoms with Gasteiger partial charge < -0.3 is 4.57 Å². The van der Waals surface area contributed by atoms with E-state index in [-0.39, 0.29) is 18.0 Å². The average Bonchev–Trinajstić information content (AvgIpc) is 3.15. The second-order valence-corrected chi connectivity index (χ2v) is 10.3. The molecule has 0 aliphatic heterocycles. The summed E-state index contributed by atoms with van der Waals surface area (Å²) in [7, 11) is -3.72. The molecule has 168 valence electrons. The van der Waals surface area contributed by atoms with Crippen LogP contribution in [0.25, 0.3) is 10.2 Å². The topological polar surface area (TPSA) is 71.7 Å². The van der Waals surface area contributed by atoms with E-state index in [0.29, 0.717) is 16.9 Å². The maximum Gasteiger partial charge on any atom is 0.279 e. The van der Waals surface area contributed by atoms with Gasteiger partial charge in [0, 0.05) is 25.2 Å². The first-order valence-corrected chi connectivity index (χ1v) is 12.5. The number of sulfonamides is 1. The number of nitrogens with zero attached hydrogens (tertiary/aromatic N) is 3. The summed E-state index contributed by atoms with van der Waals surface area (Å²) in [6.45, 7) is 14.4. The molecule has 0 unspecified atom stereocenters. The molecule has 0 radical (unpaired) electrons. The van der Waals surface area contributed by atoms with Gasteiger partial charge in [0.2, 0.25) is 10.0 Å². The number of carbonyl (C=O) groups excluding carboxylic acids is 1. The number of aromatic nitrogens is 1. The fraction of sp³-hybridized carbons (Fsp3) is 0.250. The van der Waals surface area contributed by atoms with Crippen molar-refractivity contribution in [3.05, 3.63) is 83.2 Å². The normalized spacial score (nSPS) is 12.4. The zero-order valence-electron chi connectivity index (χ0n) is 18.5. The maximum absolute atomic E-state index is 12.9.